The van der Waals surface area contributed by atoms with Gasteiger partial charge >= 0.3 is 0 Å². The van der Waals surface area contributed by atoms with Crippen LogP contribution in [-0.2, 0) is 17.4 Å². The van der Waals surface area contributed by atoms with Gasteiger partial charge in [0, 0.05) is 35.3 Å². The van der Waals surface area contributed by atoms with Gasteiger partial charge in [0.1, 0.15) is 16.7 Å². The van der Waals surface area contributed by atoms with Crippen molar-refractivity contribution in [2.24, 2.45) is 17.8 Å². The van der Waals surface area contributed by atoms with E-state index in [1.54, 1.807) is 6.07 Å². The molecule has 1 amide bonds. The molecule has 38 heavy (non-hydrogen) atoms. The van der Waals surface area contributed by atoms with E-state index in [2.05, 4.69) is 35.6 Å². The van der Waals surface area contributed by atoms with Crippen molar-refractivity contribution in [1.82, 2.24) is 4.72 Å². The Morgan fingerprint density at radius 1 is 1.08 bits per heavy atom. The van der Waals surface area contributed by atoms with Crippen LogP contribution in [0.4, 0.5) is 5.69 Å². The molecule has 0 saturated heterocycles. The van der Waals surface area contributed by atoms with Crippen LogP contribution in [0.1, 0.15) is 86.2 Å². The molecule has 5 nitrogen and oxygen atoms in total. The number of carbonyl (C=O) groups excluding carboxylic acids is 1. The van der Waals surface area contributed by atoms with E-state index in [9.17, 15) is 9.00 Å². The Hall–Kier alpha value is -2.05. The lowest BCUT2D eigenvalue weighted by molar-refractivity contribution is 0.0982. The highest BCUT2D eigenvalue weighted by atomic mass is 35.5. The zero-order chi connectivity index (χ0) is 26.6. The summed E-state index contributed by atoms with van der Waals surface area (Å²) >= 11 is 6.39. The van der Waals surface area contributed by atoms with Crippen LogP contribution in [0, 0.1) is 17.8 Å². The van der Waals surface area contributed by atoms with Gasteiger partial charge in [0.25, 0.3) is 5.91 Å². The fourth-order valence-corrected chi connectivity index (χ4v) is 7.70. The first kappa shape index (κ1) is 27.5. The number of benzene rings is 2. The van der Waals surface area contributed by atoms with Gasteiger partial charge < -0.3 is 9.64 Å². The maximum atomic E-state index is 13.0. The van der Waals surface area contributed by atoms with E-state index < -0.39 is 11.0 Å². The molecule has 0 spiro atoms. The molecule has 1 N–H and O–H groups in total. The number of rotatable bonds is 3. The number of fused-ring (bicyclic) bond motifs is 2. The lowest BCUT2D eigenvalue weighted by Crippen LogP contribution is -2.42. The summed E-state index contributed by atoms with van der Waals surface area (Å²) in [4.78, 5) is 15.5. The Morgan fingerprint density at radius 3 is 2.74 bits per heavy atom. The van der Waals surface area contributed by atoms with Crippen molar-refractivity contribution in [2.45, 2.75) is 71.1 Å². The van der Waals surface area contributed by atoms with Crippen LogP contribution in [0.5, 0.6) is 5.75 Å². The molecule has 5 unspecified atom stereocenters. The highest BCUT2D eigenvalue weighted by Crippen LogP contribution is 2.44. The summed E-state index contributed by atoms with van der Waals surface area (Å²) in [5.74, 6) is 3.33. The van der Waals surface area contributed by atoms with Crippen molar-refractivity contribution in [3.63, 3.8) is 0 Å². The number of halogens is 1. The third kappa shape index (κ3) is 6.22. The number of anilines is 1. The highest BCUT2D eigenvalue weighted by Gasteiger charge is 2.37. The summed E-state index contributed by atoms with van der Waals surface area (Å²) < 4.78 is 21.7. The summed E-state index contributed by atoms with van der Waals surface area (Å²) in [6.45, 7) is 7.01. The summed E-state index contributed by atoms with van der Waals surface area (Å²) in [7, 11) is -1.36. The van der Waals surface area contributed by atoms with E-state index in [0.717, 1.165) is 67.6 Å². The van der Waals surface area contributed by atoms with E-state index in [4.69, 9.17) is 16.3 Å². The van der Waals surface area contributed by atoms with Gasteiger partial charge in [-0.15, -0.1) is 0 Å². The Labute approximate surface area is 235 Å². The maximum Gasteiger partial charge on any atom is 0.263 e. The van der Waals surface area contributed by atoms with Crippen LogP contribution < -0.4 is 14.4 Å². The van der Waals surface area contributed by atoms with E-state index in [1.165, 1.54) is 30.4 Å². The Morgan fingerprint density at radius 2 is 1.95 bits per heavy atom. The predicted molar refractivity (Wildman–Crippen MR) is 157 cm³/mol. The van der Waals surface area contributed by atoms with Gasteiger partial charge in [-0.3, -0.25) is 9.52 Å². The lowest BCUT2D eigenvalue weighted by atomic mass is 9.66. The van der Waals surface area contributed by atoms with Gasteiger partial charge in [-0.05, 0) is 84.9 Å². The zero-order valence-corrected chi connectivity index (χ0v) is 24.3. The van der Waals surface area contributed by atoms with Crippen molar-refractivity contribution in [2.75, 3.05) is 30.3 Å². The number of aryl methyl sites for hydroxylation is 1. The molecule has 1 saturated carbocycles. The Kier molecular flexibility index (Phi) is 8.99. The summed E-state index contributed by atoms with van der Waals surface area (Å²) in [5.41, 5.74) is 4.12. The molecule has 2 heterocycles. The number of hydrogen-bond acceptors (Lipinski definition) is 4. The Balaban J connectivity index is 1.50. The SMILES string of the molecule is CCCc1cc(Cl)ccc1C1COc2ccc3cc2N(C1)CC1CCC1C(C)CCCCCS(=O)NC3=O. The number of carbonyl (C=O) groups is 1. The highest BCUT2D eigenvalue weighted by molar-refractivity contribution is 7.83. The lowest BCUT2D eigenvalue weighted by Gasteiger charge is -2.44. The molecule has 1 fully saturated rings. The first-order valence-electron chi connectivity index (χ1n) is 14.4. The summed E-state index contributed by atoms with van der Waals surface area (Å²) in [6.07, 6.45) is 8.94. The Bertz CT molecular complexity index is 1170. The van der Waals surface area contributed by atoms with Crippen molar-refractivity contribution in [1.29, 1.82) is 0 Å². The minimum Gasteiger partial charge on any atom is -0.491 e. The van der Waals surface area contributed by atoms with Crippen LogP contribution in [0.15, 0.2) is 36.4 Å². The average Bonchev–Trinajstić information content (AvgIpc) is 3.05. The van der Waals surface area contributed by atoms with Crippen LogP contribution in [0.2, 0.25) is 5.02 Å². The molecular formula is C31H41ClN2O3S. The number of nitrogens with one attached hydrogen (secondary N) is 1. The molecule has 2 aromatic rings. The summed E-state index contributed by atoms with van der Waals surface area (Å²) in [6, 6.07) is 11.9. The molecule has 0 aromatic heterocycles. The van der Waals surface area contributed by atoms with Crippen molar-refractivity contribution in [3.05, 3.63) is 58.1 Å². The van der Waals surface area contributed by atoms with Gasteiger partial charge in [0.05, 0.1) is 12.3 Å². The van der Waals surface area contributed by atoms with Gasteiger partial charge in [-0.1, -0.05) is 57.2 Å². The topological polar surface area (TPSA) is 58.6 Å². The molecule has 2 aliphatic heterocycles. The van der Waals surface area contributed by atoms with Crippen molar-refractivity contribution >= 4 is 34.2 Å². The van der Waals surface area contributed by atoms with Gasteiger partial charge in [0.2, 0.25) is 0 Å². The van der Waals surface area contributed by atoms with E-state index >= 15 is 0 Å². The second kappa shape index (κ2) is 12.4. The van der Waals surface area contributed by atoms with Gasteiger partial charge in [-0.2, -0.15) is 0 Å². The van der Waals surface area contributed by atoms with Crippen molar-refractivity contribution in [3.8, 4) is 5.75 Å². The monoisotopic (exact) mass is 556 g/mol. The minimum atomic E-state index is -1.36. The van der Waals surface area contributed by atoms with E-state index in [0.29, 0.717) is 29.8 Å². The quantitative estimate of drug-likeness (QED) is 0.446. The molecule has 5 rings (SSSR count). The standard InChI is InChI=1S/C31H41ClN2O3S/c1-3-7-22-16-26(32)11-13-28(22)25-19-34-18-24-9-12-27(24)21(2)8-5-4-6-15-38(36)33-31(35)23-10-14-30(37-20-25)29(34)17-23/h10-11,13-14,16-17,21,24-25,27H,3-9,12,15,18-20H2,1-2H3,(H,33,35). The second-order valence-electron chi connectivity index (χ2n) is 11.5. The molecular weight excluding hydrogens is 516 g/mol. The first-order chi connectivity index (χ1) is 18.4. The number of hydrogen-bond donors (Lipinski definition) is 1. The fourth-order valence-electron chi connectivity index (χ4n) is 6.61. The van der Waals surface area contributed by atoms with Crippen LogP contribution in [0.3, 0.4) is 0 Å². The fraction of sp³-hybridized carbons (Fsp3) is 0.581. The third-order valence-corrected chi connectivity index (χ3v) is 10.2. The normalized spacial score (nSPS) is 28.3. The van der Waals surface area contributed by atoms with E-state index in [1.807, 2.05) is 18.2 Å². The maximum absolute atomic E-state index is 13.0. The van der Waals surface area contributed by atoms with Gasteiger partial charge in [0.15, 0.2) is 0 Å². The van der Waals surface area contributed by atoms with Crippen molar-refractivity contribution < 1.29 is 13.7 Å². The number of ether oxygens (including phenoxy) is 1. The largest absolute Gasteiger partial charge is 0.491 e. The molecule has 206 valence electrons. The second-order valence-corrected chi connectivity index (χ2v) is 13.2. The number of nitrogens with zero attached hydrogens (tertiary/aromatic N) is 1. The smallest absolute Gasteiger partial charge is 0.263 e. The molecule has 5 atom stereocenters. The summed E-state index contributed by atoms with van der Waals surface area (Å²) in [5, 5.41) is 0.777. The molecule has 3 aliphatic rings. The zero-order valence-electron chi connectivity index (χ0n) is 22.7. The average molecular weight is 557 g/mol. The first-order valence-corrected chi connectivity index (χ1v) is 16.1. The molecule has 0 radical (unpaired) electrons. The predicted octanol–water partition coefficient (Wildman–Crippen LogP) is 6.90. The molecule has 2 bridgehead atoms. The van der Waals surface area contributed by atoms with Crippen LogP contribution in [-0.4, -0.2) is 35.6 Å². The van der Waals surface area contributed by atoms with E-state index in [-0.39, 0.29) is 11.8 Å². The minimum absolute atomic E-state index is 0.201. The molecule has 7 heteroatoms. The van der Waals surface area contributed by atoms with Crippen LogP contribution in [0.25, 0.3) is 0 Å². The van der Waals surface area contributed by atoms with Crippen LogP contribution >= 0.6 is 11.6 Å². The third-order valence-electron chi connectivity index (χ3n) is 8.86. The molecule has 1 aliphatic carbocycles. The van der Waals surface area contributed by atoms with Gasteiger partial charge in [-0.25, -0.2) is 4.21 Å². The number of amides is 1. The molecule has 2 aromatic carbocycles.